The smallest absolute Gasteiger partial charge is 0.409 e. The average molecular weight is 298 g/mol. The zero-order valence-electron chi connectivity index (χ0n) is 9.38. The summed E-state index contributed by atoms with van der Waals surface area (Å²) in [5.41, 5.74) is 0.538. The molecule has 0 saturated carbocycles. The molecule has 2 rings (SSSR count). The fourth-order valence-corrected chi connectivity index (χ4v) is 2.08. The number of carbonyl (C=O) groups excluding carboxylic acids is 1. The first-order valence-corrected chi connectivity index (χ1v) is 6.32. The second kappa shape index (κ2) is 5.68. The van der Waals surface area contributed by atoms with Gasteiger partial charge in [-0.2, -0.15) is 0 Å². The van der Waals surface area contributed by atoms with Gasteiger partial charge in [0.2, 0.25) is 0 Å². The van der Waals surface area contributed by atoms with Gasteiger partial charge in [-0.25, -0.2) is 9.78 Å². The van der Waals surface area contributed by atoms with E-state index < -0.39 is 6.09 Å². The third-order valence-electron chi connectivity index (χ3n) is 2.13. The van der Waals surface area contributed by atoms with Crippen molar-refractivity contribution in [2.45, 2.75) is 0 Å². The zero-order valence-corrected chi connectivity index (χ0v) is 11.0. The minimum absolute atomic E-state index is 0.147. The number of thiazole rings is 1. The van der Waals surface area contributed by atoms with Crippen LogP contribution in [0.25, 0.3) is 0 Å². The number of nitrogens with zero attached hydrogens (tertiary/aromatic N) is 1. The maximum Gasteiger partial charge on any atom is 0.409 e. The summed E-state index contributed by atoms with van der Waals surface area (Å²) in [4.78, 5) is 26.3. The minimum atomic E-state index is -1.22. The highest BCUT2D eigenvalue weighted by atomic mass is 35.5. The molecule has 1 heterocycles. The fraction of sp³-hybridized carbons (Fsp3) is 0. The van der Waals surface area contributed by atoms with Crippen LogP contribution in [0.15, 0.2) is 29.8 Å². The summed E-state index contributed by atoms with van der Waals surface area (Å²) in [5.74, 6) is -0.362. The summed E-state index contributed by atoms with van der Waals surface area (Å²) in [6, 6.07) is 4.28. The first-order valence-electron chi connectivity index (χ1n) is 5.06. The van der Waals surface area contributed by atoms with Crippen LogP contribution in [0, 0.1) is 0 Å². The molecule has 0 aliphatic rings. The Hall–Kier alpha value is -2.12. The molecule has 0 spiro atoms. The van der Waals surface area contributed by atoms with Crippen molar-refractivity contribution in [3.8, 4) is 0 Å². The van der Waals surface area contributed by atoms with Gasteiger partial charge < -0.3 is 5.11 Å². The molecule has 1 aromatic heterocycles. The Morgan fingerprint density at radius 2 is 2.11 bits per heavy atom. The number of hydrogen-bond donors (Lipinski definition) is 3. The van der Waals surface area contributed by atoms with Crippen LogP contribution in [0.2, 0.25) is 5.02 Å². The minimum Gasteiger partial charge on any atom is -0.465 e. The van der Waals surface area contributed by atoms with Crippen LogP contribution in [0.1, 0.15) is 10.4 Å². The van der Waals surface area contributed by atoms with Crippen molar-refractivity contribution in [3.63, 3.8) is 0 Å². The third-order valence-corrected chi connectivity index (χ3v) is 3.13. The van der Waals surface area contributed by atoms with Crippen LogP contribution in [-0.4, -0.2) is 22.1 Å². The predicted molar refractivity (Wildman–Crippen MR) is 73.2 cm³/mol. The Morgan fingerprint density at radius 3 is 2.68 bits per heavy atom. The van der Waals surface area contributed by atoms with E-state index in [1.165, 1.54) is 29.5 Å². The Balaban J connectivity index is 2.15. The highest BCUT2D eigenvalue weighted by Crippen LogP contribution is 2.23. The lowest BCUT2D eigenvalue weighted by Crippen LogP contribution is -2.12. The molecule has 6 nitrogen and oxygen atoms in total. The van der Waals surface area contributed by atoms with Crippen LogP contribution in [0.4, 0.5) is 15.6 Å². The van der Waals surface area contributed by atoms with Gasteiger partial charge in [0.1, 0.15) is 0 Å². The van der Waals surface area contributed by atoms with E-state index in [1.807, 2.05) is 0 Å². The lowest BCUT2D eigenvalue weighted by Gasteiger charge is -2.06. The maximum absolute atomic E-state index is 11.9. The van der Waals surface area contributed by atoms with Crippen LogP contribution in [-0.2, 0) is 0 Å². The van der Waals surface area contributed by atoms with Crippen molar-refractivity contribution in [1.82, 2.24) is 4.98 Å². The lowest BCUT2D eigenvalue weighted by atomic mass is 10.2. The molecule has 8 heteroatoms. The van der Waals surface area contributed by atoms with E-state index in [-0.39, 0.29) is 16.6 Å². The number of amides is 2. The Kier molecular flexibility index (Phi) is 3.98. The summed E-state index contributed by atoms with van der Waals surface area (Å²) in [6.07, 6.45) is 0.356. The zero-order chi connectivity index (χ0) is 13.8. The Labute approximate surface area is 117 Å². The van der Waals surface area contributed by atoms with Gasteiger partial charge in [0.15, 0.2) is 5.13 Å². The second-order valence-corrected chi connectivity index (χ2v) is 4.72. The number of benzene rings is 1. The fourth-order valence-electron chi connectivity index (χ4n) is 1.33. The molecule has 0 aliphatic carbocycles. The second-order valence-electron chi connectivity index (χ2n) is 3.42. The van der Waals surface area contributed by atoms with Crippen molar-refractivity contribution < 1.29 is 14.7 Å². The van der Waals surface area contributed by atoms with Crippen molar-refractivity contribution in [2.24, 2.45) is 0 Å². The number of halogens is 1. The van der Waals surface area contributed by atoms with E-state index in [9.17, 15) is 9.59 Å². The summed E-state index contributed by atoms with van der Waals surface area (Å²) >= 11 is 7.18. The van der Waals surface area contributed by atoms with Gasteiger partial charge in [-0.1, -0.05) is 11.6 Å². The van der Waals surface area contributed by atoms with Crippen molar-refractivity contribution >= 4 is 45.8 Å². The van der Waals surface area contributed by atoms with E-state index in [1.54, 1.807) is 11.6 Å². The highest BCUT2D eigenvalue weighted by molar-refractivity contribution is 7.13. The number of carbonyl (C=O) groups is 2. The number of nitrogens with one attached hydrogen (secondary N) is 2. The van der Waals surface area contributed by atoms with Crippen molar-refractivity contribution in [3.05, 3.63) is 40.4 Å². The van der Waals surface area contributed by atoms with Crippen LogP contribution in [0.5, 0.6) is 0 Å². The van der Waals surface area contributed by atoms with Crippen molar-refractivity contribution in [2.75, 3.05) is 10.6 Å². The number of carboxylic acid groups (broad SMARTS) is 1. The standard InChI is InChI=1S/C11H8ClN3O3S/c12-7-5-6(1-2-8(7)14-11(17)18)9(16)15-10-13-3-4-19-10/h1-5,14H,(H,17,18)(H,13,15,16). The number of aromatic nitrogens is 1. The number of hydrogen-bond acceptors (Lipinski definition) is 4. The molecule has 1 aromatic carbocycles. The van der Waals surface area contributed by atoms with E-state index in [4.69, 9.17) is 16.7 Å². The topological polar surface area (TPSA) is 91.3 Å². The molecule has 2 aromatic rings. The Morgan fingerprint density at radius 1 is 1.32 bits per heavy atom. The van der Waals surface area contributed by atoms with Gasteiger partial charge in [0.25, 0.3) is 5.91 Å². The van der Waals surface area contributed by atoms with Crippen molar-refractivity contribution in [1.29, 1.82) is 0 Å². The third kappa shape index (κ3) is 3.43. The molecule has 0 atom stereocenters. The summed E-state index contributed by atoms with van der Waals surface area (Å²) in [7, 11) is 0. The molecule has 3 N–H and O–H groups in total. The molecule has 0 radical (unpaired) electrons. The molecule has 0 fully saturated rings. The van der Waals surface area contributed by atoms with Gasteiger partial charge in [0, 0.05) is 17.1 Å². The quantitative estimate of drug-likeness (QED) is 0.811. The van der Waals surface area contributed by atoms with E-state index in [0.29, 0.717) is 10.7 Å². The van der Waals surface area contributed by atoms with Crippen LogP contribution < -0.4 is 10.6 Å². The van der Waals surface area contributed by atoms with Crippen LogP contribution in [0.3, 0.4) is 0 Å². The molecule has 0 aliphatic heterocycles. The maximum atomic E-state index is 11.9. The van der Waals surface area contributed by atoms with E-state index >= 15 is 0 Å². The molecule has 0 bridgehead atoms. The van der Waals surface area contributed by atoms with Gasteiger partial charge in [0.05, 0.1) is 10.7 Å². The van der Waals surface area contributed by atoms with Gasteiger partial charge in [-0.3, -0.25) is 15.4 Å². The van der Waals surface area contributed by atoms with E-state index in [0.717, 1.165) is 0 Å². The monoisotopic (exact) mass is 297 g/mol. The predicted octanol–water partition coefficient (Wildman–Crippen LogP) is 3.14. The molecule has 0 unspecified atom stereocenters. The molecule has 19 heavy (non-hydrogen) atoms. The summed E-state index contributed by atoms with van der Waals surface area (Å²) < 4.78 is 0. The summed E-state index contributed by atoms with van der Waals surface area (Å²) in [6.45, 7) is 0. The molecular weight excluding hydrogens is 290 g/mol. The normalized spacial score (nSPS) is 9.95. The summed E-state index contributed by atoms with van der Waals surface area (Å²) in [5, 5.41) is 15.7. The first kappa shape index (κ1) is 13.3. The largest absolute Gasteiger partial charge is 0.465 e. The average Bonchev–Trinajstić information content (AvgIpc) is 2.84. The van der Waals surface area contributed by atoms with E-state index in [2.05, 4.69) is 15.6 Å². The molecular formula is C11H8ClN3O3S. The van der Waals surface area contributed by atoms with Gasteiger partial charge >= 0.3 is 6.09 Å². The SMILES string of the molecule is O=C(O)Nc1ccc(C(=O)Nc2nccs2)cc1Cl. The number of rotatable bonds is 3. The highest BCUT2D eigenvalue weighted by Gasteiger charge is 2.11. The number of anilines is 2. The first-order chi connectivity index (χ1) is 9.06. The lowest BCUT2D eigenvalue weighted by molar-refractivity contribution is 0.102. The molecule has 2 amide bonds. The van der Waals surface area contributed by atoms with Gasteiger partial charge in [-0.15, -0.1) is 11.3 Å². The Bertz CT molecular complexity index is 616. The van der Waals surface area contributed by atoms with Crippen LogP contribution >= 0.6 is 22.9 Å². The molecule has 98 valence electrons. The van der Waals surface area contributed by atoms with Gasteiger partial charge in [-0.05, 0) is 18.2 Å². The molecule has 0 saturated heterocycles.